The van der Waals surface area contributed by atoms with Gasteiger partial charge in [-0.1, -0.05) is 36.4 Å². The molecule has 0 radical (unpaired) electrons. The molecule has 4 rings (SSSR count). The standard InChI is InChI=1S/C26H28N2O3S/c1-19(2)28(26(30)20-9-5-3-6-10-20)17-25(29)27-15-13-24-22(14-16-32-24)23(27)18-31-21-11-7-4-8-12-21/h3-12,14,16,19,23H,13,15,17-18H2,1-2H3. The van der Waals surface area contributed by atoms with Crippen molar-refractivity contribution >= 4 is 23.2 Å². The molecule has 1 aliphatic rings. The molecule has 1 aliphatic heterocycles. The number of rotatable bonds is 7. The van der Waals surface area contributed by atoms with Gasteiger partial charge in [-0.3, -0.25) is 9.59 Å². The molecule has 5 nitrogen and oxygen atoms in total. The van der Waals surface area contributed by atoms with E-state index in [4.69, 9.17) is 4.74 Å². The predicted octanol–water partition coefficient (Wildman–Crippen LogP) is 4.80. The van der Waals surface area contributed by atoms with Gasteiger partial charge in [0.15, 0.2) is 0 Å². The fourth-order valence-corrected chi connectivity index (χ4v) is 4.97. The summed E-state index contributed by atoms with van der Waals surface area (Å²) in [6.45, 7) is 4.94. The van der Waals surface area contributed by atoms with E-state index in [0.29, 0.717) is 18.7 Å². The van der Waals surface area contributed by atoms with Crippen LogP contribution in [-0.4, -0.2) is 47.4 Å². The number of amides is 2. The van der Waals surface area contributed by atoms with Crippen molar-refractivity contribution in [2.24, 2.45) is 0 Å². The van der Waals surface area contributed by atoms with E-state index in [1.165, 1.54) is 4.88 Å². The lowest BCUT2D eigenvalue weighted by molar-refractivity contribution is -0.136. The molecule has 32 heavy (non-hydrogen) atoms. The number of ether oxygens (including phenoxy) is 1. The molecular weight excluding hydrogens is 420 g/mol. The van der Waals surface area contributed by atoms with Crippen molar-refractivity contribution < 1.29 is 14.3 Å². The average molecular weight is 449 g/mol. The number of hydrogen-bond acceptors (Lipinski definition) is 4. The monoisotopic (exact) mass is 448 g/mol. The third-order valence-electron chi connectivity index (χ3n) is 5.78. The number of fused-ring (bicyclic) bond motifs is 1. The summed E-state index contributed by atoms with van der Waals surface area (Å²) < 4.78 is 6.05. The van der Waals surface area contributed by atoms with Crippen molar-refractivity contribution in [2.75, 3.05) is 19.7 Å². The van der Waals surface area contributed by atoms with Crippen molar-refractivity contribution in [3.8, 4) is 5.75 Å². The van der Waals surface area contributed by atoms with E-state index in [1.54, 1.807) is 28.4 Å². The van der Waals surface area contributed by atoms with E-state index in [-0.39, 0.29) is 30.4 Å². The summed E-state index contributed by atoms with van der Waals surface area (Å²) in [5, 5.41) is 2.08. The highest BCUT2D eigenvalue weighted by atomic mass is 32.1. The minimum atomic E-state index is -0.168. The molecule has 3 aromatic rings. The van der Waals surface area contributed by atoms with Gasteiger partial charge < -0.3 is 14.5 Å². The lowest BCUT2D eigenvalue weighted by atomic mass is 10.00. The third-order valence-corrected chi connectivity index (χ3v) is 6.77. The van der Waals surface area contributed by atoms with Crippen molar-refractivity contribution in [3.63, 3.8) is 0 Å². The van der Waals surface area contributed by atoms with E-state index in [9.17, 15) is 9.59 Å². The summed E-state index contributed by atoms with van der Waals surface area (Å²) in [6.07, 6.45) is 0.828. The summed E-state index contributed by atoms with van der Waals surface area (Å²) in [4.78, 5) is 31.4. The SMILES string of the molecule is CC(C)N(CC(=O)N1CCc2sccc2C1COc1ccccc1)C(=O)c1ccccc1. The third kappa shape index (κ3) is 4.86. The number of carbonyl (C=O) groups excluding carboxylic acids is 2. The minimum Gasteiger partial charge on any atom is -0.491 e. The van der Waals surface area contributed by atoms with Crippen molar-refractivity contribution in [1.29, 1.82) is 0 Å². The number of nitrogens with zero attached hydrogens (tertiary/aromatic N) is 2. The normalized spacial score (nSPS) is 15.3. The highest BCUT2D eigenvalue weighted by Crippen LogP contribution is 2.34. The molecule has 1 unspecified atom stereocenters. The molecule has 2 heterocycles. The van der Waals surface area contributed by atoms with Gasteiger partial charge in [0, 0.05) is 23.0 Å². The molecule has 1 aromatic heterocycles. The Morgan fingerprint density at radius 2 is 1.75 bits per heavy atom. The van der Waals surface area contributed by atoms with E-state index < -0.39 is 0 Å². The average Bonchev–Trinajstić information content (AvgIpc) is 3.30. The quantitative estimate of drug-likeness (QED) is 0.522. The van der Waals surface area contributed by atoms with E-state index in [0.717, 1.165) is 17.7 Å². The zero-order chi connectivity index (χ0) is 22.5. The van der Waals surface area contributed by atoms with Crippen LogP contribution >= 0.6 is 11.3 Å². The Morgan fingerprint density at radius 1 is 1.06 bits per heavy atom. The first kappa shape index (κ1) is 22.1. The molecule has 2 aromatic carbocycles. The topological polar surface area (TPSA) is 49.9 Å². The van der Waals surface area contributed by atoms with E-state index in [1.807, 2.05) is 67.3 Å². The molecule has 0 saturated heterocycles. The summed E-state index contributed by atoms with van der Waals surface area (Å²) in [6, 6.07) is 20.6. The van der Waals surface area contributed by atoms with Gasteiger partial charge in [-0.05, 0) is 61.5 Å². The summed E-state index contributed by atoms with van der Waals surface area (Å²) in [5.41, 5.74) is 1.74. The van der Waals surface area contributed by atoms with E-state index >= 15 is 0 Å². The van der Waals surface area contributed by atoms with Crippen LogP contribution < -0.4 is 4.74 Å². The Labute approximate surface area is 193 Å². The second-order valence-electron chi connectivity index (χ2n) is 8.17. The molecular formula is C26H28N2O3S. The van der Waals surface area contributed by atoms with Gasteiger partial charge in [-0.25, -0.2) is 0 Å². The van der Waals surface area contributed by atoms with Gasteiger partial charge in [-0.2, -0.15) is 0 Å². The van der Waals surface area contributed by atoms with Crippen molar-refractivity contribution in [3.05, 3.63) is 88.1 Å². The number of para-hydroxylation sites is 1. The molecule has 1 atom stereocenters. The summed E-state index contributed by atoms with van der Waals surface area (Å²) in [7, 11) is 0. The fraction of sp³-hybridized carbons (Fsp3) is 0.308. The zero-order valence-electron chi connectivity index (χ0n) is 18.4. The van der Waals surface area contributed by atoms with Crippen LogP contribution in [0.2, 0.25) is 0 Å². The predicted molar refractivity (Wildman–Crippen MR) is 127 cm³/mol. The maximum atomic E-state index is 13.5. The van der Waals surface area contributed by atoms with Gasteiger partial charge in [0.25, 0.3) is 5.91 Å². The van der Waals surface area contributed by atoms with Gasteiger partial charge in [-0.15, -0.1) is 11.3 Å². The molecule has 166 valence electrons. The van der Waals surface area contributed by atoms with Crippen LogP contribution in [0.5, 0.6) is 5.75 Å². The maximum Gasteiger partial charge on any atom is 0.254 e. The molecule has 2 amide bonds. The summed E-state index contributed by atoms with van der Waals surface area (Å²) in [5.74, 6) is 0.603. The first-order valence-electron chi connectivity index (χ1n) is 10.9. The molecule has 0 bridgehead atoms. The molecule has 6 heteroatoms. The highest BCUT2D eigenvalue weighted by molar-refractivity contribution is 7.10. The first-order valence-corrected chi connectivity index (χ1v) is 11.8. The lowest BCUT2D eigenvalue weighted by Crippen LogP contribution is -2.49. The van der Waals surface area contributed by atoms with Crippen LogP contribution in [0.25, 0.3) is 0 Å². The van der Waals surface area contributed by atoms with Gasteiger partial charge in [0.05, 0.1) is 6.04 Å². The summed E-state index contributed by atoms with van der Waals surface area (Å²) >= 11 is 1.73. The second kappa shape index (κ2) is 10.0. The molecule has 0 fully saturated rings. The van der Waals surface area contributed by atoms with Crippen molar-refractivity contribution in [2.45, 2.75) is 32.4 Å². The Morgan fingerprint density at radius 3 is 2.44 bits per heavy atom. The maximum absolute atomic E-state index is 13.5. The number of carbonyl (C=O) groups is 2. The van der Waals surface area contributed by atoms with Crippen LogP contribution in [0.4, 0.5) is 0 Å². The van der Waals surface area contributed by atoms with Crippen LogP contribution in [0.1, 0.15) is 40.7 Å². The van der Waals surface area contributed by atoms with Crippen LogP contribution in [0, 0.1) is 0 Å². The second-order valence-corrected chi connectivity index (χ2v) is 9.17. The Bertz CT molecular complexity index is 1050. The minimum absolute atomic E-state index is 0.0483. The molecule has 0 N–H and O–H groups in total. The lowest BCUT2D eigenvalue weighted by Gasteiger charge is -2.37. The largest absolute Gasteiger partial charge is 0.491 e. The number of benzene rings is 2. The smallest absolute Gasteiger partial charge is 0.254 e. The van der Waals surface area contributed by atoms with Gasteiger partial charge in [0.1, 0.15) is 18.9 Å². The highest BCUT2D eigenvalue weighted by Gasteiger charge is 2.34. The van der Waals surface area contributed by atoms with Gasteiger partial charge in [0.2, 0.25) is 5.91 Å². The van der Waals surface area contributed by atoms with E-state index in [2.05, 4.69) is 11.4 Å². The van der Waals surface area contributed by atoms with Crippen molar-refractivity contribution in [1.82, 2.24) is 9.80 Å². The van der Waals surface area contributed by atoms with Crippen LogP contribution in [-0.2, 0) is 11.2 Å². The molecule has 0 saturated carbocycles. The Kier molecular flexibility index (Phi) is 6.90. The first-order chi connectivity index (χ1) is 15.5. The number of hydrogen-bond donors (Lipinski definition) is 0. The Balaban J connectivity index is 1.53. The molecule has 0 aliphatic carbocycles. The van der Waals surface area contributed by atoms with Gasteiger partial charge >= 0.3 is 0 Å². The zero-order valence-corrected chi connectivity index (χ0v) is 19.3. The fourth-order valence-electron chi connectivity index (χ4n) is 4.04. The molecule has 0 spiro atoms. The van der Waals surface area contributed by atoms with Crippen LogP contribution in [0.15, 0.2) is 72.1 Å². The van der Waals surface area contributed by atoms with Crippen LogP contribution in [0.3, 0.4) is 0 Å². The number of thiophene rings is 1. The Hall–Kier alpha value is -3.12.